The molecule has 4 N–H and O–H groups in total. The van der Waals surface area contributed by atoms with E-state index < -0.39 is 0 Å². The lowest BCUT2D eigenvalue weighted by atomic mass is 9.48. The van der Waals surface area contributed by atoms with Crippen molar-refractivity contribution in [3.63, 3.8) is 0 Å². The van der Waals surface area contributed by atoms with Crippen molar-refractivity contribution in [2.24, 2.45) is 22.3 Å². The largest absolute Gasteiger partial charge is 0.324 e. The zero-order valence-corrected chi connectivity index (χ0v) is 19.7. The Bertz CT molecular complexity index is 386. The molecule has 2 saturated carbocycles. The fourth-order valence-electron chi connectivity index (χ4n) is 6.31. The molecule has 0 bridgehead atoms. The SMILES string of the molecule is CCCC1(CC2(CCC)CCCCC2(N)CBr)CCCCC1(N)CBr. The van der Waals surface area contributed by atoms with Crippen LogP contribution in [0.3, 0.4) is 0 Å². The first-order valence-corrected chi connectivity index (χ1v) is 12.8. The van der Waals surface area contributed by atoms with Crippen LogP contribution in [0.25, 0.3) is 0 Å². The van der Waals surface area contributed by atoms with Crippen LogP contribution in [0.2, 0.25) is 0 Å². The smallest absolute Gasteiger partial charge is 0.0309 e. The highest BCUT2D eigenvalue weighted by Gasteiger charge is 2.57. The van der Waals surface area contributed by atoms with Gasteiger partial charge in [0.1, 0.15) is 0 Å². The van der Waals surface area contributed by atoms with Gasteiger partial charge in [-0.1, -0.05) is 84.2 Å². The first kappa shape index (κ1) is 22.2. The number of nitrogens with two attached hydrogens (primary N) is 2. The zero-order valence-electron chi connectivity index (χ0n) is 16.5. The van der Waals surface area contributed by atoms with Crippen molar-refractivity contribution >= 4 is 31.9 Å². The summed E-state index contributed by atoms with van der Waals surface area (Å²) < 4.78 is 0. The van der Waals surface area contributed by atoms with Gasteiger partial charge in [0.05, 0.1) is 0 Å². The first-order valence-electron chi connectivity index (χ1n) is 10.6. The van der Waals surface area contributed by atoms with Gasteiger partial charge in [0.2, 0.25) is 0 Å². The molecule has 0 saturated heterocycles. The minimum Gasteiger partial charge on any atom is -0.324 e. The number of hydrogen-bond acceptors (Lipinski definition) is 2. The van der Waals surface area contributed by atoms with Gasteiger partial charge in [0.25, 0.3) is 0 Å². The fraction of sp³-hybridized carbons (Fsp3) is 1.00. The van der Waals surface area contributed by atoms with Crippen molar-refractivity contribution in [1.29, 1.82) is 0 Å². The van der Waals surface area contributed by atoms with Crippen LogP contribution >= 0.6 is 31.9 Å². The summed E-state index contributed by atoms with van der Waals surface area (Å²) in [5.41, 5.74) is 14.6. The van der Waals surface area contributed by atoms with E-state index in [2.05, 4.69) is 45.7 Å². The van der Waals surface area contributed by atoms with Crippen molar-refractivity contribution in [2.45, 2.75) is 108 Å². The van der Waals surface area contributed by atoms with Gasteiger partial charge >= 0.3 is 0 Å². The van der Waals surface area contributed by atoms with E-state index in [1.54, 1.807) is 0 Å². The molecule has 4 atom stereocenters. The predicted octanol–water partition coefficient (Wildman–Crippen LogP) is 6.28. The topological polar surface area (TPSA) is 52.0 Å². The Morgan fingerprint density at radius 3 is 1.36 bits per heavy atom. The maximum atomic E-state index is 7.13. The predicted molar refractivity (Wildman–Crippen MR) is 118 cm³/mol. The molecule has 0 heterocycles. The van der Waals surface area contributed by atoms with Crippen molar-refractivity contribution in [2.75, 3.05) is 10.7 Å². The average molecular weight is 480 g/mol. The molecule has 0 aromatic carbocycles. The highest BCUT2D eigenvalue weighted by molar-refractivity contribution is 9.09. The number of alkyl halides is 2. The number of rotatable bonds is 8. The molecule has 2 aliphatic rings. The van der Waals surface area contributed by atoms with Gasteiger partial charge in [-0.15, -0.1) is 0 Å². The Morgan fingerprint density at radius 2 is 1.04 bits per heavy atom. The highest BCUT2D eigenvalue weighted by atomic mass is 79.9. The highest BCUT2D eigenvalue weighted by Crippen LogP contribution is 2.60. The molecule has 25 heavy (non-hydrogen) atoms. The molecule has 4 unspecified atom stereocenters. The maximum absolute atomic E-state index is 7.13. The van der Waals surface area contributed by atoms with Crippen molar-refractivity contribution < 1.29 is 0 Å². The second-order valence-corrected chi connectivity index (χ2v) is 10.4. The molecule has 2 aliphatic carbocycles. The second kappa shape index (κ2) is 8.92. The average Bonchev–Trinajstić information content (AvgIpc) is 2.61. The van der Waals surface area contributed by atoms with Crippen LogP contribution in [0.5, 0.6) is 0 Å². The molecule has 0 aromatic heterocycles. The summed E-state index contributed by atoms with van der Waals surface area (Å²) in [6.07, 6.45) is 16.3. The third-order valence-corrected chi connectivity index (χ3v) is 9.78. The summed E-state index contributed by atoms with van der Waals surface area (Å²) in [5.74, 6) is 0. The van der Waals surface area contributed by atoms with Crippen molar-refractivity contribution in [3.8, 4) is 0 Å². The summed E-state index contributed by atoms with van der Waals surface area (Å²) in [7, 11) is 0. The van der Waals surface area contributed by atoms with Gasteiger partial charge < -0.3 is 11.5 Å². The Hall–Kier alpha value is 0.880. The molecule has 148 valence electrons. The second-order valence-electron chi connectivity index (χ2n) is 9.23. The van der Waals surface area contributed by atoms with E-state index in [1.165, 1.54) is 70.6 Å². The molecule has 0 aromatic rings. The molecule has 0 spiro atoms. The van der Waals surface area contributed by atoms with Gasteiger partial charge in [-0.3, -0.25) is 0 Å². The fourth-order valence-corrected chi connectivity index (χ4v) is 8.06. The summed E-state index contributed by atoms with van der Waals surface area (Å²) in [6.45, 7) is 4.66. The van der Waals surface area contributed by atoms with Crippen LogP contribution in [0.1, 0.15) is 97.3 Å². The van der Waals surface area contributed by atoms with Crippen LogP contribution in [0, 0.1) is 10.8 Å². The molecule has 0 amide bonds. The van der Waals surface area contributed by atoms with Crippen LogP contribution in [0.4, 0.5) is 0 Å². The Morgan fingerprint density at radius 1 is 0.680 bits per heavy atom. The first-order chi connectivity index (χ1) is 11.9. The van der Waals surface area contributed by atoms with E-state index in [4.69, 9.17) is 11.5 Å². The van der Waals surface area contributed by atoms with Gasteiger partial charge in [-0.05, 0) is 55.8 Å². The molecule has 0 aliphatic heterocycles. The number of halogens is 2. The molecule has 4 heteroatoms. The minimum absolute atomic E-state index is 0.0767. The normalized spacial score (nSPS) is 42.5. The van der Waals surface area contributed by atoms with E-state index >= 15 is 0 Å². The molecule has 2 fully saturated rings. The summed E-state index contributed by atoms with van der Waals surface area (Å²) in [5, 5.41) is 1.85. The molecule has 0 radical (unpaired) electrons. The quantitative estimate of drug-likeness (QED) is 0.402. The van der Waals surface area contributed by atoms with Crippen LogP contribution < -0.4 is 11.5 Å². The Kier molecular flexibility index (Phi) is 7.91. The van der Waals surface area contributed by atoms with Gasteiger partial charge in [-0.2, -0.15) is 0 Å². The lowest BCUT2D eigenvalue weighted by Crippen LogP contribution is -2.65. The molecule has 2 nitrogen and oxygen atoms in total. The molecule has 2 rings (SSSR count). The van der Waals surface area contributed by atoms with Crippen LogP contribution in [-0.4, -0.2) is 21.7 Å². The van der Waals surface area contributed by atoms with Gasteiger partial charge in [0, 0.05) is 21.7 Å². The Balaban J connectivity index is 2.46. The summed E-state index contributed by atoms with van der Waals surface area (Å²) in [6, 6.07) is 0. The van der Waals surface area contributed by atoms with Gasteiger partial charge in [-0.25, -0.2) is 0 Å². The van der Waals surface area contributed by atoms with Crippen LogP contribution in [-0.2, 0) is 0 Å². The maximum Gasteiger partial charge on any atom is 0.0309 e. The Labute approximate surface area is 172 Å². The zero-order chi connectivity index (χ0) is 18.6. The standard InChI is InChI=1S/C21H40Br2N2/c1-3-9-18(11-5-7-13-20(18,24)16-22)15-19(10-4-2)12-6-8-14-21(19,25)17-23/h3-17,24-25H2,1-2H3. The van der Waals surface area contributed by atoms with Crippen LogP contribution in [0.15, 0.2) is 0 Å². The third kappa shape index (κ3) is 4.03. The van der Waals surface area contributed by atoms with E-state index in [0.717, 1.165) is 23.5 Å². The third-order valence-electron chi connectivity index (χ3n) is 7.78. The lowest BCUT2D eigenvalue weighted by molar-refractivity contribution is -0.0438. The minimum atomic E-state index is -0.0767. The molecular weight excluding hydrogens is 440 g/mol. The van der Waals surface area contributed by atoms with E-state index in [9.17, 15) is 0 Å². The van der Waals surface area contributed by atoms with E-state index in [0.29, 0.717) is 0 Å². The van der Waals surface area contributed by atoms with Crippen molar-refractivity contribution in [1.82, 2.24) is 0 Å². The van der Waals surface area contributed by atoms with Crippen molar-refractivity contribution in [3.05, 3.63) is 0 Å². The van der Waals surface area contributed by atoms with E-state index in [1.807, 2.05) is 0 Å². The summed E-state index contributed by atoms with van der Waals surface area (Å²) >= 11 is 7.63. The summed E-state index contributed by atoms with van der Waals surface area (Å²) in [4.78, 5) is 0. The molecular formula is C21H40Br2N2. The van der Waals surface area contributed by atoms with E-state index in [-0.39, 0.29) is 21.9 Å². The van der Waals surface area contributed by atoms with Gasteiger partial charge in [0.15, 0.2) is 0 Å². The lowest BCUT2D eigenvalue weighted by Gasteiger charge is -2.60. The monoisotopic (exact) mass is 478 g/mol. The number of hydrogen-bond donors (Lipinski definition) is 2.